The van der Waals surface area contributed by atoms with E-state index in [1.807, 2.05) is 0 Å². The maximum atomic E-state index is 12.3. The van der Waals surface area contributed by atoms with Crippen LogP contribution in [0.1, 0.15) is 26.7 Å². The van der Waals surface area contributed by atoms with Gasteiger partial charge in [0.1, 0.15) is 0 Å². The fraction of sp³-hybridized carbons (Fsp3) is 0.429. The Morgan fingerprint density at radius 2 is 2.14 bits per heavy atom. The highest BCUT2D eigenvalue weighted by Gasteiger charge is 2.22. The van der Waals surface area contributed by atoms with Crippen molar-refractivity contribution >= 4 is 37.1 Å². The van der Waals surface area contributed by atoms with Crippen LogP contribution in [0.2, 0.25) is 0 Å². The molecule has 2 N–H and O–H groups in total. The standard InChI is InChI=1S/C14H17N3O2S2/c1-14(2,9-15)6-3-7-21(18,19)13-17-11-5-4-10(16)8-12(11)20-13/h4-5,8H,3,6-7,16H2,1-2H3. The molecule has 1 aromatic heterocycles. The van der Waals surface area contributed by atoms with Crippen molar-refractivity contribution in [3.63, 3.8) is 0 Å². The second kappa shape index (κ2) is 5.62. The van der Waals surface area contributed by atoms with E-state index in [4.69, 9.17) is 11.0 Å². The summed E-state index contributed by atoms with van der Waals surface area (Å²) in [6.45, 7) is 3.61. The Bertz CT molecular complexity index is 801. The van der Waals surface area contributed by atoms with Crippen LogP contribution >= 0.6 is 11.3 Å². The summed E-state index contributed by atoms with van der Waals surface area (Å²) in [5, 5.41) is 8.94. The van der Waals surface area contributed by atoms with E-state index in [1.165, 1.54) is 0 Å². The molecule has 21 heavy (non-hydrogen) atoms. The van der Waals surface area contributed by atoms with Gasteiger partial charge in [0.2, 0.25) is 14.2 Å². The van der Waals surface area contributed by atoms with E-state index in [0.717, 1.165) is 16.0 Å². The third-order valence-electron chi connectivity index (χ3n) is 3.18. The summed E-state index contributed by atoms with van der Waals surface area (Å²) >= 11 is 1.14. The van der Waals surface area contributed by atoms with Crippen LogP contribution in [-0.2, 0) is 9.84 Å². The molecule has 1 heterocycles. The molecule has 0 spiro atoms. The normalized spacial score (nSPS) is 12.4. The molecule has 0 radical (unpaired) electrons. The van der Waals surface area contributed by atoms with Gasteiger partial charge in [-0.05, 0) is 44.9 Å². The minimum Gasteiger partial charge on any atom is -0.399 e. The molecule has 0 saturated carbocycles. The second-order valence-electron chi connectivity index (χ2n) is 5.63. The summed E-state index contributed by atoms with van der Waals surface area (Å²) in [5.74, 6) is 0.00736. The van der Waals surface area contributed by atoms with E-state index in [2.05, 4.69) is 11.1 Å². The van der Waals surface area contributed by atoms with Crippen LogP contribution in [0.4, 0.5) is 5.69 Å². The first-order chi connectivity index (χ1) is 9.73. The van der Waals surface area contributed by atoms with E-state index in [9.17, 15) is 8.42 Å². The van der Waals surface area contributed by atoms with Crippen LogP contribution in [0.25, 0.3) is 10.2 Å². The van der Waals surface area contributed by atoms with Crippen molar-refractivity contribution in [1.82, 2.24) is 4.98 Å². The van der Waals surface area contributed by atoms with Crippen molar-refractivity contribution < 1.29 is 8.42 Å². The lowest BCUT2D eigenvalue weighted by Crippen LogP contribution is -2.12. The Balaban J connectivity index is 2.16. The van der Waals surface area contributed by atoms with Crippen molar-refractivity contribution in [2.75, 3.05) is 11.5 Å². The quantitative estimate of drug-likeness (QED) is 0.853. The number of hydrogen-bond donors (Lipinski definition) is 1. The van der Waals surface area contributed by atoms with Gasteiger partial charge in [0.15, 0.2) is 0 Å². The molecule has 0 bridgehead atoms. The van der Waals surface area contributed by atoms with E-state index in [0.29, 0.717) is 24.0 Å². The second-order valence-corrected chi connectivity index (χ2v) is 8.94. The molecule has 0 amide bonds. The summed E-state index contributed by atoms with van der Waals surface area (Å²) in [4.78, 5) is 4.17. The third kappa shape index (κ3) is 3.71. The number of nitriles is 1. The molecule has 1 aromatic carbocycles. The number of fused-ring (bicyclic) bond motifs is 1. The Morgan fingerprint density at radius 1 is 1.43 bits per heavy atom. The minimum atomic E-state index is -3.41. The molecule has 5 nitrogen and oxygen atoms in total. The number of anilines is 1. The highest BCUT2D eigenvalue weighted by atomic mass is 32.2. The number of sulfone groups is 1. The van der Waals surface area contributed by atoms with Crippen LogP contribution in [0, 0.1) is 16.7 Å². The van der Waals surface area contributed by atoms with Crippen LogP contribution in [0.5, 0.6) is 0 Å². The van der Waals surface area contributed by atoms with Crippen LogP contribution < -0.4 is 5.73 Å². The van der Waals surface area contributed by atoms with Gasteiger partial charge in [0.05, 0.1) is 27.5 Å². The Morgan fingerprint density at radius 3 is 2.81 bits per heavy atom. The first kappa shape index (κ1) is 15.7. The molecule has 2 aromatic rings. The zero-order valence-electron chi connectivity index (χ0n) is 12.0. The van der Waals surface area contributed by atoms with E-state index >= 15 is 0 Å². The largest absolute Gasteiger partial charge is 0.399 e. The lowest BCUT2D eigenvalue weighted by atomic mass is 9.90. The third-order valence-corrected chi connectivity index (χ3v) is 6.45. The Hall–Kier alpha value is -1.65. The number of rotatable bonds is 5. The van der Waals surface area contributed by atoms with E-state index < -0.39 is 15.3 Å². The monoisotopic (exact) mass is 323 g/mol. The average Bonchev–Trinajstić information content (AvgIpc) is 2.82. The average molecular weight is 323 g/mol. The minimum absolute atomic E-state index is 0.00736. The molecule has 7 heteroatoms. The van der Waals surface area contributed by atoms with Gasteiger partial charge in [-0.1, -0.05) is 0 Å². The van der Waals surface area contributed by atoms with Gasteiger partial charge in [-0.15, -0.1) is 11.3 Å². The van der Waals surface area contributed by atoms with Crippen molar-refractivity contribution in [2.24, 2.45) is 5.41 Å². The van der Waals surface area contributed by atoms with Gasteiger partial charge in [0, 0.05) is 5.69 Å². The SMILES string of the molecule is CC(C)(C#N)CCCS(=O)(=O)c1nc2ccc(N)cc2s1. The Labute approximate surface area is 128 Å². The number of nitrogen functional groups attached to an aromatic ring is 1. The lowest BCUT2D eigenvalue weighted by Gasteiger charge is -2.13. The van der Waals surface area contributed by atoms with Gasteiger partial charge in [-0.3, -0.25) is 0 Å². The number of nitrogens with two attached hydrogens (primary N) is 1. The van der Waals surface area contributed by atoms with E-state index in [-0.39, 0.29) is 10.1 Å². The van der Waals surface area contributed by atoms with E-state index in [1.54, 1.807) is 32.0 Å². The van der Waals surface area contributed by atoms with Gasteiger partial charge in [-0.2, -0.15) is 5.26 Å². The number of thiazole rings is 1. The predicted octanol–water partition coefficient (Wildman–Crippen LogP) is 2.98. The molecule has 0 fully saturated rings. The van der Waals surface area contributed by atoms with Gasteiger partial charge in [0.25, 0.3) is 0 Å². The van der Waals surface area contributed by atoms with Gasteiger partial charge >= 0.3 is 0 Å². The lowest BCUT2D eigenvalue weighted by molar-refractivity contribution is 0.445. The molecule has 0 aliphatic heterocycles. The van der Waals surface area contributed by atoms with Crippen molar-refractivity contribution in [2.45, 2.75) is 31.0 Å². The summed E-state index contributed by atoms with van der Waals surface area (Å²) in [6.07, 6.45) is 0.988. The molecule has 0 saturated heterocycles. The van der Waals surface area contributed by atoms with Gasteiger partial charge in [-0.25, -0.2) is 13.4 Å². The number of aromatic nitrogens is 1. The smallest absolute Gasteiger partial charge is 0.210 e. The summed E-state index contributed by atoms with van der Waals surface area (Å²) < 4.78 is 25.5. The van der Waals surface area contributed by atoms with Gasteiger partial charge < -0.3 is 5.73 Å². The molecular formula is C14H17N3O2S2. The highest BCUT2D eigenvalue weighted by molar-refractivity contribution is 7.93. The van der Waals surface area contributed by atoms with Crippen molar-refractivity contribution in [1.29, 1.82) is 5.26 Å². The van der Waals surface area contributed by atoms with Crippen molar-refractivity contribution in [3.05, 3.63) is 18.2 Å². The molecular weight excluding hydrogens is 306 g/mol. The summed E-state index contributed by atoms with van der Waals surface area (Å²) in [7, 11) is -3.41. The topological polar surface area (TPSA) is 96.8 Å². The molecule has 112 valence electrons. The number of hydrogen-bond acceptors (Lipinski definition) is 6. The summed E-state index contributed by atoms with van der Waals surface area (Å²) in [6, 6.07) is 7.32. The number of benzene rings is 1. The molecule has 0 aliphatic carbocycles. The van der Waals surface area contributed by atoms with Crippen LogP contribution in [0.15, 0.2) is 22.5 Å². The Kier molecular flexibility index (Phi) is 4.21. The molecule has 0 aliphatic rings. The van der Waals surface area contributed by atoms with Crippen LogP contribution in [-0.4, -0.2) is 19.2 Å². The predicted molar refractivity (Wildman–Crippen MR) is 84.7 cm³/mol. The fourth-order valence-electron chi connectivity index (χ4n) is 1.90. The fourth-order valence-corrected chi connectivity index (χ4v) is 4.61. The molecule has 2 rings (SSSR count). The van der Waals surface area contributed by atoms with Crippen LogP contribution in [0.3, 0.4) is 0 Å². The zero-order chi connectivity index (χ0) is 15.7. The first-order valence-corrected chi connectivity index (χ1v) is 9.00. The molecule has 0 unspecified atom stereocenters. The zero-order valence-corrected chi connectivity index (χ0v) is 13.6. The maximum Gasteiger partial charge on any atom is 0.210 e. The van der Waals surface area contributed by atoms with Crippen molar-refractivity contribution in [3.8, 4) is 6.07 Å². The maximum absolute atomic E-state index is 12.3. The number of nitrogens with zero attached hydrogens (tertiary/aromatic N) is 2. The summed E-state index contributed by atoms with van der Waals surface area (Å²) in [5.41, 5.74) is 6.41. The molecule has 0 atom stereocenters. The highest BCUT2D eigenvalue weighted by Crippen LogP contribution is 2.29. The first-order valence-electron chi connectivity index (χ1n) is 6.54.